The lowest BCUT2D eigenvalue weighted by atomic mass is 10.1. The topological polar surface area (TPSA) is 48.9 Å². The van der Waals surface area contributed by atoms with E-state index < -0.39 is 6.10 Å². The van der Waals surface area contributed by atoms with Gasteiger partial charge in [-0.25, -0.2) is 0 Å². The van der Waals surface area contributed by atoms with Crippen molar-refractivity contribution >= 4 is 10.9 Å². The third-order valence-corrected chi connectivity index (χ3v) is 1.91. The Morgan fingerprint density at radius 1 is 1.42 bits per heavy atom. The van der Waals surface area contributed by atoms with E-state index in [1.54, 1.807) is 6.92 Å². The second-order valence-corrected chi connectivity index (χ2v) is 2.83. The fraction of sp³-hybridized carbons (Fsp3) is 0.222. The fourth-order valence-corrected chi connectivity index (χ4v) is 1.30. The molecular formula is C9H10N2O. The second kappa shape index (κ2) is 2.60. The maximum atomic E-state index is 9.34. The highest BCUT2D eigenvalue weighted by molar-refractivity contribution is 5.81. The van der Waals surface area contributed by atoms with Gasteiger partial charge in [-0.3, -0.25) is 5.10 Å². The smallest absolute Gasteiger partial charge is 0.0932 e. The molecule has 2 N–H and O–H groups in total. The van der Waals surface area contributed by atoms with Crippen molar-refractivity contribution in [2.24, 2.45) is 0 Å². The summed E-state index contributed by atoms with van der Waals surface area (Å²) >= 11 is 0. The van der Waals surface area contributed by atoms with Crippen LogP contribution in [0.15, 0.2) is 24.3 Å². The van der Waals surface area contributed by atoms with Gasteiger partial charge < -0.3 is 5.11 Å². The molecule has 0 radical (unpaired) electrons. The quantitative estimate of drug-likeness (QED) is 0.669. The molecule has 62 valence electrons. The van der Waals surface area contributed by atoms with Crippen molar-refractivity contribution < 1.29 is 5.11 Å². The van der Waals surface area contributed by atoms with Crippen LogP contribution in [-0.4, -0.2) is 15.3 Å². The van der Waals surface area contributed by atoms with Crippen LogP contribution in [0.5, 0.6) is 0 Å². The van der Waals surface area contributed by atoms with E-state index in [-0.39, 0.29) is 0 Å². The molecular weight excluding hydrogens is 152 g/mol. The zero-order valence-corrected chi connectivity index (χ0v) is 6.78. The van der Waals surface area contributed by atoms with Gasteiger partial charge in [0.25, 0.3) is 0 Å². The number of hydrogen-bond acceptors (Lipinski definition) is 2. The van der Waals surface area contributed by atoms with E-state index in [0.717, 1.165) is 16.6 Å². The van der Waals surface area contributed by atoms with Crippen LogP contribution in [0.1, 0.15) is 18.7 Å². The van der Waals surface area contributed by atoms with Gasteiger partial charge >= 0.3 is 0 Å². The number of aliphatic hydroxyl groups is 1. The molecule has 1 aromatic heterocycles. The van der Waals surface area contributed by atoms with E-state index in [1.807, 2.05) is 24.3 Å². The minimum absolute atomic E-state index is 0.489. The van der Waals surface area contributed by atoms with E-state index in [9.17, 15) is 5.11 Å². The van der Waals surface area contributed by atoms with Gasteiger partial charge in [-0.2, -0.15) is 5.10 Å². The van der Waals surface area contributed by atoms with Crippen LogP contribution in [0.25, 0.3) is 10.9 Å². The number of benzene rings is 1. The first kappa shape index (κ1) is 7.31. The molecule has 12 heavy (non-hydrogen) atoms. The molecule has 0 aliphatic carbocycles. The molecule has 3 heteroatoms. The number of rotatable bonds is 1. The maximum absolute atomic E-state index is 9.34. The normalized spacial score (nSPS) is 13.5. The van der Waals surface area contributed by atoms with Gasteiger partial charge in [0.05, 0.1) is 17.3 Å². The molecule has 0 aliphatic rings. The van der Waals surface area contributed by atoms with Gasteiger partial charge in [-0.05, 0) is 13.0 Å². The van der Waals surface area contributed by atoms with Crippen molar-refractivity contribution in [3.05, 3.63) is 30.0 Å². The summed E-state index contributed by atoms with van der Waals surface area (Å²) in [5, 5.41) is 17.2. The summed E-state index contributed by atoms with van der Waals surface area (Å²) in [6, 6.07) is 7.72. The Morgan fingerprint density at radius 3 is 2.92 bits per heavy atom. The van der Waals surface area contributed by atoms with E-state index in [2.05, 4.69) is 10.2 Å². The number of aromatic amines is 1. The molecule has 0 aliphatic heterocycles. The van der Waals surface area contributed by atoms with Gasteiger partial charge in [-0.15, -0.1) is 0 Å². The van der Waals surface area contributed by atoms with Crippen molar-refractivity contribution in [1.82, 2.24) is 10.2 Å². The van der Waals surface area contributed by atoms with Crippen molar-refractivity contribution in [2.45, 2.75) is 13.0 Å². The lowest BCUT2D eigenvalue weighted by Gasteiger charge is -1.99. The van der Waals surface area contributed by atoms with Crippen molar-refractivity contribution in [1.29, 1.82) is 0 Å². The maximum Gasteiger partial charge on any atom is 0.0932 e. The molecule has 1 atom stereocenters. The monoisotopic (exact) mass is 162 g/mol. The summed E-state index contributed by atoms with van der Waals surface area (Å²) in [4.78, 5) is 0. The van der Waals surface area contributed by atoms with Crippen LogP contribution in [0.4, 0.5) is 0 Å². The largest absolute Gasteiger partial charge is 0.387 e. The van der Waals surface area contributed by atoms with Crippen LogP contribution < -0.4 is 0 Å². The van der Waals surface area contributed by atoms with E-state index in [0.29, 0.717) is 0 Å². The number of hydrogen-bond donors (Lipinski definition) is 2. The number of H-pyrrole nitrogens is 1. The second-order valence-electron chi connectivity index (χ2n) is 2.83. The number of aromatic nitrogens is 2. The molecule has 0 unspecified atom stereocenters. The molecule has 1 aromatic carbocycles. The summed E-state index contributed by atoms with van der Waals surface area (Å²) < 4.78 is 0. The molecule has 0 saturated carbocycles. The lowest BCUT2D eigenvalue weighted by Crippen LogP contribution is -1.90. The first-order chi connectivity index (χ1) is 5.79. The highest BCUT2D eigenvalue weighted by Gasteiger charge is 2.07. The summed E-state index contributed by atoms with van der Waals surface area (Å²) in [5.41, 5.74) is 1.68. The van der Waals surface area contributed by atoms with Crippen LogP contribution >= 0.6 is 0 Å². The minimum Gasteiger partial charge on any atom is -0.387 e. The Hall–Kier alpha value is -1.35. The Morgan fingerprint density at radius 2 is 2.17 bits per heavy atom. The molecule has 0 fully saturated rings. The van der Waals surface area contributed by atoms with Gasteiger partial charge in [0.1, 0.15) is 0 Å². The summed E-state index contributed by atoms with van der Waals surface area (Å²) in [6.07, 6.45) is -0.489. The van der Waals surface area contributed by atoms with E-state index in [4.69, 9.17) is 0 Å². The van der Waals surface area contributed by atoms with E-state index in [1.165, 1.54) is 0 Å². The van der Waals surface area contributed by atoms with E-state index >= 15 is 0 Å². The molecule has 1 heterocycles. The molecule has 2 rings (SSSR count). The zero-order chi connectivity index (χ0) is 8.55. The number of para-hydroxylation sites is 1. The predicted octanol–water partition coefficient (Wildman–Crippen LogP) is 1.62. The minimum atomic E-state index is -0.489. The van der Waals surface area contributed by atoms with Gasteiger partial charge in [0.2, 0.25) is 0 Å². The Labute approximate surface area is 70.0 Å². The first-order valence-electron chi connectivity index (χ1n) is 3.90. The Bertz CT molecular complexity index is 392. The van der Waals surface area contributed by atoms with Crippen LogP contribution in [0, 0.1) is 0 Å². The summed E-state index contributed by atoms with van der Waals surface area (Å²) in [6.45, 7) is 1.72. The Kier molecular flexibility index (Phi) is 1.59. The predicted molar refractivity (Wildman–Crippen MR) is 46.7 cm³/mol. The molecule has 0 saturated heterocycles. The highest BCUT2D eigenvalue weighted by Crippen LogP contribution is 2.20. The average Bonchev–Trinajstić information content (AvgIpc) is 2.47. The molecule has 0 bridgehead atoms. The van der Waals surface area contributed by atoms with Crippen molar-refractivity contribution in [2.75, 3.05) is 0 Å². The average molecular weight is 162 g/mol. The van der Waals surface area contributed by atoms with Crippen LogP contribution in [-0.2, 0) is 0 Å². The van der Waals surface area contributed by atoms with Crippen LogP contribution in [0.3, 0.4) is 0 Å². The van der Waals surface area contributed by atoms with Crippen molar-refractivity contribution in [3.8, 4) is 0 Å². The molecule has 3 nitrogen and oxygen atoms in total. The van der Waals surface area contributed by atoms with Crippen LogP contribution in [0.2, 0.25) is 0 Å². The van der Waals surface area contributed by atoms with Gasteiger partial charge in [0, 0.05) is 5.39 Å². The number of nitrogens with one attached hydrogen (secondary N) is 1. The Balaban J connectivity index is 2.70. The molecule has 2 aromatic rings. The number of fused-ring (bicyclic) bond motifs is 1. The third-order valence-electron chi connectivity index (χ3n) is 1.91. The molecule has 0 spiro atoms. The first-order valence-corrected chi connectivity index (χ1v) is 3.90. The highest BCUT2D eigenvalue weighted by atomic mass is 16.3. The number of nitrogens with zero attached hydrogens (tertiary/aromatic N) is 1. The standard InChI is InChI=1S/C9H10N2O/c1-6(12)9-7-4-2-3-5-8(7)10-11-9/h2-6,12H,1H3,(H,10,11)/t6-/m1/s1. The zero-order valence-electron chi connectivity index (χ0n) is 6.78. The third kappa shape index (κ3) is 0.987. The van der Waals surface area contributed by atoms with Crippen molar-refractivity contribution in [3.63, 3.8) is 0 Å². The summed E-state index contributed by atoms with van der Waals surface area (Å²) in [7, 11) is 0. The molecule has 0 amide bonds. The fourth-order valence-electron chi connectivity index (χ4n) is 1.30. The van der Waals surface area contributed by atoms with Gasteiger partial charge in [-0.1, -0.05) is 18.2 Å². The van der Waals surface area contributed by atoms with Gasteiger partial charge in [0.15, 0.2) is 0 Å². The summed E-state index contributed by atoms with van der Waals surface area (Å²) in [5.74, 6) is 0. The number of aliphatic hydroxyl groups excluding tert-OH is 1. The SMILES string of the molecule is C[C@@H](O)c1[nH]nc2ccccc12. The lowest BCUT2D eigenvalue weighted by molar-refractivity contribution is 0.195.